The molecule has 0 aliphatic carbocycles. The van der Waals surface area contributed by atoms with E-state index in [1.165, 1.54) is 26.1 Å². The lowest BCUT2D eigenvalue weighted by Gasteiger charge is -2.24. The van der Waals surface area contributed by atoms with Crippen molar-refractivity contribution in [1.82, 2.24) is 4.90 Å². The second-order valence-corrected chi connectivity index (χ2v) is 6.49. The Morgan fingerprint density at radius 3 is 2.59 bits per heavy atom. The SMILES string of the molecule is CC(C)C1CCN(CCCC(C)(C)C(=N)N)C1. The number of nitrogens with two attached hydrogens (primary N) is 1. The third-order valence-corrected chi connectivity index (χ3v) is 4.26. The summed E-state index contributed by atoms with van der Waals surface area (Å²) in [7, 11) is 0. The third-order valence-electron chi connectivity index (χ3n) is 4.26. The van der Waals surface area contributed by atoms with E-state index in [-0.39, 0.29) is 5.41 Å². The van der Waals surface area contributed by atoms with Crippen LogP contribution in [-0.4, -0.2) is 30.4 Å². The second kappa shape index (κ2) is 5.85. The number of hydrogen-bond acceptors (Lipinski definition) is 2. The van der Waals surface area contributed by atoms with Gasteiger partial charge in [0.2, 0.25) is 0 Å². The summed E-state index contributed by atoms with van der Waals surface area (Å²) in [6, 6.07) is 0. The molecule has 0 aromatic heterocycles. The molecular formula is C14H29N3. The van der Waals surface area contributed by atoms with Crippen molar-refractivity contribution < 1.29 is 0 Å². The fourth-order valence-electron chi connectivity index (χ4n) is 2.49. The van der Waals surface area contributed by atoms with Crippen molar-refractivity contribution >= 4 is 5.84 Å². The van der Waals surface area contributed by atoms with E-state index in [0.29, 0.717) is 5.84 Å². The van der Waals surface area contributed by atoms with Crippen molar-refractivity contribution in [3.8, 4) is 0 Å². The van der Waals surface area contributed by atoms with Crippen LogP contribution in [0.2, 0.25) is 0 Å². The highest BCUT2D eigenvalue weighted by atomic mass is 15.1. The van der Waals surface area contributed by atoms with Crippen molar-refractivity contribution in [3.63, 3.8) is 0 Å². The van der Waals surface area contributed by atoms with Crippen LogP contribution in [0.15, 0.2) is 0 Å². The molecule has 3 nitrogen and oxygen atoms in total. The van der Waals surface area contributed by atoms with Gasteiger partial charge in [-0.25, -0.2) is 0 Å². The highest BCUT2D eigenvalue weighted by molar-refractivity contribution is 5.82. The Kier molecular flexibility index (Phi) is 4.99. The van der Waals surface area contributed by atoms with Gasteiger partial charge in [0.25, 0.3) is 0 Å². The van der Waals surface area contributed by atoms with E-state index in [4.69, 9.17) is 11.1 Å². The van der Waals surface area contributed by atoms with Crippen molar-refractivity contribution in [1.29, 1.82) is 5.41 Å². The van der Waals surface area contributed by atoms with Crippen LogP contribution < -0.4 is 5.73 Å². The normalized spacial score (nSPS) is 22.3. The summed E-state index contributed by atoms with van der Waals surface area (Å²) < 4.78 is 0. The van der Waals surface area contributed by atoms with E-state index in [0.717, 1.165) is 24.7 Å². The average molecular weight is 239 g/mol. The van der Waals surface area contributed by atoms with Crippen molar-refractivity contribution in [2.24, 2.45) is 23.0 Å². The molecule has 0 bridgehead atoms. The van der Waals surface area contributed by atoms with Crippen LogP contribution in [0.4, 0.5) is 0 Å². The molecule has 1 aliphatic heterocycles. The number of hydrogen-bond donors (Lipinski definition) is 2. The molecule has 3 N–H and O–H groups in total. The van der Waals surface area contributed by atoms with Crippen molar-refractivity contribution in [2.75, 3.05) is 19.6 Å². The Labute approximate surface area is 106 Å². The zero-order valence-corrected chi connectivity index (χ0v) is 11.9. The summed E-state index contributed by atoms with van der Waals surface area (Å²) >= 11 is 0. The number of likely N-dealkylation sites (tertiary alicyclic amines) is 1. The van der Waals surface area contributed by atoms with Gasteiger partial charge in [-0.2, -0.15) is 0 Å². The van der Waals surface area contributed by atoms with Gasteiger partial charge < -0.3 is 10.6 Å². The van der Waals surface area contributed by atoms with E-state index >= 15 is 0 Å². The molecule has 100 valence electrons. The van der Waals surface area contributed by atoms with Gasteiger partial charge in [0.1, 0.15) is 0 Å². The van der Waals surface area contributed by atoms with Crippen LogP contribution in [0.25, 0.3) is 0 Å². The van der Waals surface area contributed by atoms with Gasteiger partial charge in [0, 0.05) is 12.0 Å². The molecule has 0 spiro atoms. The number of nitrogens with zero attached hydrogens (tertiary/aromatic N) is 1. The predicted molar refractivity (Wildman–Crippen MR) is 74.3 cm³/mol. The molecule has 1 atom stereocenters. The molecule has 0 aromatic rings. The highest BCUT2D eigenvalue weighted by Crippen LogP contribution is 2.26. The molecule has 17 heavy (non-hydrogen) atoms. The first kappa shape index (κ1) is 14.5. The van der Waals surface area contributed by atoms with Crippen LogP contribution in [0.3, 0.4) is 0 Å². The van der Waals surface area contributed by atoms with Gasteiger partial charge in [-0.05, 0) is 44.2 Å². The lowest BCUT2D eigenvalue weighted by molar-refractivity contribution is 0.285. The average Bonchev–Trinajstić information content (AvgIpc) is 2.66. The summed E-state index contributed by atoms with van der Waals surface area (Å²) in [6.45, 7) is 12.5. The van der Waals surface area contributed by atoms with E-state index in [9.17, 15) is 0 Å². The number of nitrogens with one attached hydrogen (secondary N) is 1. The van der Waals surface area contributed by atoms with Crippen LogP contribution in [0.5, 0.6) is 0 Å². The molecule has 1 saturated heterocycles. The van der Waals surface area contributed by atoms with Gasteiger partial charge >= 0.3 is 0 Å². The number of rotatable bonds is 6. The molecule has 1 aliphatic rings. The van der Waals surface area contributed by atoms with Crippen LogP contribution in [0.1, 0.15) is 47.0 Å². The molecule has 1 heterocycles. The summed E-state index contributed by atoms with van der Waals surface area (Å²) in [4.78, 5) is 2.57. The molecule has 0 aromatic carbocycles. The topological polar surface area (TPSA) is 53.1 Å². The highest BCUT2D eigenvalue weighted by Gasteiger charge is 2.26. The van der Waals surface area contributed by atoms with Gasteiger partial charge in [-0.15, -0.1) is 0 Å². The Morgan fingerprint density at radius 2 is 2.12 bits per heavy atom. The van der Waals surface area contributed by atoms with Crippen molar-refractivity contribution in [2.45, 2.75) is 47.0 Å². The monoisotopic (exact) mass is 239 g/mol. The van der Waals surface area contributed by atoms with Crippen molar-refractivity contribution in [3.05, 3.63) is 0 Å². The lowest BCUT2D eigenvalue weighted by Crippen LogP contribution is -2.32. The third kappa shape index (κ3) is 4.30. The molecule has 1 rings (SSSR count). The van der Waals surface area contributed by atoms with E-state index in [1.54, 1.807) is 0 Å². The summed E-state index contributed by atoms with van der Waals surface area (Å²) in [5.74, 6) is 2.02. The van der Waals surface area contributed by atoms with Crippen LogP contribution in [0, 0.1) is 22.7 Å². The molecule has 1 fully saturated rings. The summed E-state index contributed by atoms with van der Waals surface area (Å²) in [5, 5.41) is 7.54. The quantitative estimate of drug-likeness (QED) is 0.553. The Morgan fingerprint density at radius 1 is 1.47 bits per heavy atom. The molecule has 1 unspecified atom stereocenters. The Balaban J connectivity index is 2.23. The Hall–Kier alpha value is -0.570. The first-order valence-electron chi connectivity index (χ1n) is 6.90. The zero-order valence-electron chi connectivity index (χ0n) is 11.9. The number of amidine groups is 1. The minimum absolute atomic E-state index is 0.128. The van der Waals surface area contributed by atoms with Gasteiger partial charge in [0.15, 0.2) is 0 Å². The fraction of sp³-hybridized carbons (Fsp3) is 0.929. The minimum atomic E-state index is -0.128. The van der Waals surface area contributed by atoms with Gasteiger partial charge in [0.05, 0.1) is 5.84 Å². The van der Waals surface area contributed by atoms with E-state index < -0.39 is 0 Å². The summed E-state index contributed by atoms with van der Waals surface area (Å²) in [5.41, 5.74) is 5.47. The molecule has 3 heteroatoms. The van der Waals surface area contributed by atoms with E-state index in [1.807, 2.05) is 0 Å². The largest absolute Gasteiger partial charge is 0.387 e. The minimum Gasteiger partial charge on any atom is -0.387 e. The summed E-state index contributed by atoms with van der Waals surface area (Å²) in [6.07, 6.45) is 3.52. The zero-order chi connectivity index (χ0) is 13.1. The maximum atomic E-state index is 7.54. The smallest absolute Gasteiger partial charge is 0.0963 e. The molecule has 0 saturated carbocycles. The van der Waals surface area contributed by atoms with E-state index in [2.05, 4.69) is 32.6 Å². The second-order valence-electron chi connectivity index (χ2n) is 6.49. The lowest BCUT2D eigenvalue weighted by atomic mass is 9.86. The standard InChI is InChI=1S/C14H29N3/c1-11(2)12-6-9-17(10-12)8-5-7-14(3,4)13(15)16/h11-12H,5-10H2,1-4H3,(H3,15,16). The molecular weight excluding hydrogens is 210 g/mol. The van der Waals surface area contributed by atoms with Gasteiger partial charge in [-0.3, -0.25) is 5.41 Å². The molecule has 0 amide bonds. The predicted octanol–water partition coefficient (Wildman–Crippen LogP) is 2.71. The first-order chi connectivity index (χ1) is 7.83. The fourth-order valence-corrected chi connectivity index (χ4v) is 2.49. The molecule has 0 radical (unpaired) electrons. The first-order valence-corrected chi connectivity index (χ1v) is 6.90. The maximum absolute atomic E-state index is 7.54. The van der Waals surface area contributed by atoms with Crippen LogP contribution in [-0.2, 0) is 0 Å². The van der Waals surface area contributed by atoms with Crippen LogP contribution >= 0.6 is 0 Å². The Bertz CT molecular complexity index is 258. The van der Waals surface area contributed by atoms with Gasteiger partial charge in [-0.1, -0.05) is 27.7 Å². The maximum Gasteiger partial charge on any atom is 0.0963 e.